The number of aryl methyl sites for hydroxylation is 1. The number of hydrogen-bond acceptors (Lipinski definition) is 3. The maximum Gasteiger partial charge on any atom is 0.257 e. The average molecular weight is 284 g/mol. The number of halogens is 1. The molecule has 0 aliphatic heterocycles. The van der Waals surface area contributed by atoms with Crippen molar-refractivity contribution in [3.05, 3.63) is 59.2 Å². The molecule has 106 valence electrons. The Bertz CT molecular complexity index is 733. The van der Waals surface area contributed by atoms with Gasteiger partial charge < -0.3 is 10.4 Å². The molecule has 0 radical (unpaired) electrons. The van der Waals surface area contributed by atoms with E-state index in [1.54, 1.807) is 25.3 Å². The van der Waals surface area contributed by atoms with Crippen LogP contribution in [0.15, 0.2) is 36.5 Å². The Morgan fingerprint density at radius 1 is 1.43 bits per heavy atom. The number of aliphatic hydroxyl groups is 1. The molecule has 0 saturated carbocycles. The highest BCUT2D eigenvalue weighted by Gasteiger charge is 2.10. The van der Waals surface area contributed by atoms with E-state index in [0.29, 0.717) is 16.9 Å². The van der Waals surface area contributed by atoms with Gasteiger partial charge in [-0.25, -0.2) is 4.39 Å². The minimum atomic E-state index is -0.508. The molecule has 1 aromatic carbocycles. The molecule has 2 rings (SSSR count). The molecule has 0 spiro atoms. The zero-order chi connectivity index (χ0) is 15.2. The molecule has 0 atom stereocenters. The monoisotopic (exact) mass is 284 g/mol. The Morgan fingerprint density at radius 3 is 2.95 bits per heavy atom. The van der Waals surface area contributed by atoms with Crippen molar-refractivity contribution in [2.45, 2.75) is 6.92 Å². The molecule has 0 saturated heterocycles. The second-order valence-electron chi connectivity index (χ2n) is 4.25. The minimum absolute atomic E-state index is 0.116. The van der Waals surface area contributed by atoms with Crippen molar-refractivity contribution in [3.63, 3.8) is 0 Å². The van der Waals surface area contributed by atoms with E-state index < -0.39 is 5.82 Å². The lowest BCUT2D eigenvalue weighted by Crippen LogP contribution is -2.14. The van der Waals surface area contributed by atoms with Crippen molar-refractivity contribution in [3.8, 4) is 11.8 Å². The van der Waals surface area contributed by atoms with Crippen LogP contribution in [-0.2, 0) is 0 Å². The minimum Gasteiger partial charge on any atom is -0.384 e. The summed E-state index contributed by atoms with van der Waals surface area (Å²) in [5.41, 5.74) is 1.60. The number of hydrogen-bond donors (Lipinski definition) is 2. The van der Waals surface area contributed by atoms with Crippen molar-refractivity contribution in [1.29, 1.82) is 0 Å². The van der Waals surface area contributed by atoms with E-state index in [4.69, 9.17) is 5.11 Å². The van der Waals surface area contributed by atoms with E-state index >= 15 is 0 Å². The summed E-state index contributed by atoms with van der Waals surface area (Å²) < 4.78 is 13.5. The normalized spacial score (nSPS) is 9.67. The predicted molar refractivity (Wildman–Crippen MR) is 77.3 cm³/mol. The number of anilines is 1. The average Bonchev–Trinajstić information content (AvgIpc) is 2.48. The molecule has 1 amide bonds. The van der Waals surface area contributed by atoms with Crippen molar-refractivity contribution in [1.82, 2.24) is 4.98 Å². The largest absolute Gasteiger partial charge is 0.384 e. The molecule has 21 heavy (non-hydrogen) atoms. The van der Waals surface area contributed by atoms with Gasteiger partial charge in [0.05, 0.1) is 11.1 Å². The molecule has 5 heteroatoms. The van der Waals surface area contributed by atoms with E-state index in [1.165, 1.54) is 18.2 Å². The van der Waals surface area contributed by atoms with Crippen LogP contribution < -0.4 is 5.32 Å². The summed E-state index contributed by atoms with van der Waals surface area (Å²) in [5, 5.41) is 11.3. The van der Waals surface area contributed by atoms with Gasteiger partial charge in [-0.15, -0.1) is 0 Å². The SMILES string of the molecule is Cc1ncccc1C(=O)Nc1ccc(F)c(C#CCO)c1. The quantitative estimate of drug-likeness (QED) is 0.830. The number of aliphatic hydroxyl groups excluding tert-OH is 1. The molecule has 0 fully saturated rings. The lowest BCUT2D eigenvalue weighted by molar-refractivity contribution is 0.102. The first-order valence-electron chi connectivity index (χ1n) is 6.24. The van der Waals surface area contributed by atoms with Crippen LogP contribution in [0.1, 0.15) is 21.6 Å². The molecule has 4 nitrogen and oxygen atoms in total. The van der Waals surface area contributed by atoms with Gasteiger partial charge in [-0.2, -0.15) is 0 Å². The summed E-state index contributed by atoms with van der Waals surface area (Å²) in [7, 11) is 0. The van der Waals surface area contributed by atoms with Crippen LogP contribution in [0.25, 0.3) is 0 Å². The molecule has 0 bridgehead atoms. The first-order valence-corrected chi connectivity index (χ1v) is 6.24. The Morgan fingerprint density at radius 2 is 2.24 bits per heavy atom. The van der Waals surface area contributed by atoms with Crippen molar-refractivity contribution < 1.29 is 14.3 Å². The highest BCUT2D eigenvalue weighted by Crippen LogP contribution is 2.15. The molecule has 0 aliphatic carbocycles. The van der Waals surface area contributed by atoms with Crippen molar-refractivity contribution in [2.75, 3.05) is 11.9 Å². The lowest BCUT2D eigenvalue weighted by atomic mass is 10.1. The van der Waals surface area contributed by atoms with E-state index in [2.05, 4.69) is 22.1 Å². The molecule has 2 aromatic rings. The van der Waals surface area contributed by atoms with Gasteiger partial charge in [-0.3, -0.25) is 9.78 Å². The van der Waals surface area contributed by atoms with E-state index in [0.717, 1.165) is 0 Å². The molecule has 1 aromatic heterocycles. The van der Waals surface area contributed by atoms with Crippen molar-refractivity contribution in [2.24, 2.45) is 0 Å². The van der Waals surface area contributed by atoms with Crippen LogP contribution >= 0.6 is 0 Å². The smallest absolute Gasteiger partial charge is 0.257 e. The van der Waals surface area contributed by atoms with Gasteiger partial charge in [0.1, 0.15) is 12.4 Å². The first-order chi connectivity index (χ1) is 10.1. The molecule has 0 aliphatic rings. The standard InChI is InChI=1S/C16H13FN2O2/c1-11-14(5-2-8-18-11)16(21)19-13-6-7-15(17)12(10-13)4-3-9-20/h2,5-8,10,20H,9H2,1H3,(H,19,21). The maximum atomic E-state index is 13.5. The number of nitrogens with one attached hydrogen (secondary N) is 1. The zero-order valence-electron chi connectivity index (χ0n) is 11.4. The fourth-order valence-corrected chi connectivity index (χ4v) is 1.76. The van der Waals surface area contributed by atoms with Gasteiger partial charge in [0, 0.05) is 17.6 Å². The van der Waals surface area contributed by atoms with Crippen molar-refractivity contribution >= 4 is 11.6 Å². The molecule has 1 heterocycles. The van der Waals surface area contributed by atoms with Gasteiger partial charge in [0.25, 0.3) is 5.91 Å². The summed E-state index contributed by atoms with van der Waals surface area (Å²) in [6, 6.07) is 7.41. The summed E-state index contributed by atoms with van der Waals surface area (Å²) in [4.78, 5) is 16.2. The van der Waals surface area contributed by atoms with Gasteiger partial charge in [-0.1, -0.05) is 11.8 Å². The zero-order valence-corrected chi connectivity index (χ0v) is 11.4. The van der Waals surface area contributed by atoms with Gasteiger partial charge >= 0.3 is 0 Å². The second-order valence-corrected chi connectivity index (χ2v) is 4.25. The summed E-state index contributed by atoms with van der Waals surface area (Å²) in [5.74, 6) is 4.02. The highest BCUT2D eigenvalue weighted by molar-refractivity contribution is 6.05. The number of carbonyl (C=O) groups is 1. The van der Waals surface area contributed by atoms with Crippen LogP contribution in [0.4, 0.5) is 10.1 Å². The number of amides is 1. The third-order valence-corrected chi connectivity index (χ3v) is 2.78. The number of aromatic nitrogens is 1. The molecule has 2 N–H and O–H groups in total. The van der Waals surface area contributed by atoms with E-state index in [-0.39, 0.29) is 18.1 Å². The van der Waals surface area contributed by atoms with Gasteiger partial charge in [0.15, 0.2) is 0 Å². The maximum absolute atomic E-state index is 13.5. The number of nitrogens with zero attached hydrogens (tertiary/aromatic N) is 1. The third-order valence-electron chi connectivity index (χ3n) is 2.78. The number of rotatable bonds is 2. The Balaban J connectivity index is 2.24. The molecular weight excluding hydrogens is 271 g/mol. The lowest BCUT2D eigenvalue weighted by Gasteiger charge is -2.07. The molecular formula is C16H13FN2O2. The second kappa shape index (κ2) is 6.64. The van der Waals surface area contributed by atoms with Crippen LogP contribution in [0.5, 0.6) is 0 Å². The van der Waals surface area contributed by atoms with Gasteiger partial charge in [-0.05, 0) is 37.3 Å². The first kappa shape index (κ1) is 14.7. The van der Waals surface area contributed by atoms with Crippen LogP contribution in [-0.4, -0.2) is 22.6 Å². The fraction of sp³-hybridized carbons (Fsp3) is 0.125. The van der Waals surface area contributed by atoms with Gasteiger partial charge in [0.2, 0.25) is 0 Å². The van der Waals surface area contributed by atoms with E-state index in [1.807, 2.05) is 0 Å². The number of benzene rings is 1. The summed E-state index contributed by atoms with van der Waals surface area (Å²) in [6.45, 7) is 1.38. The van der Waals surface area contributed by atoms with Crippen LogP contribution in [0.3, 0.4) is 0 Å². The Labute approximate surface area is 121 Å². The topological polar surface area (TPSA) is 62.2 Å². The third kappa shape index (κ3) is 3.65. The van der Waals surface area contributed by atoms with Crippen LogP contribution in [0, 0.1) is 24.6 Å². The van der Waals surface area contributed by atoms with E-state index in [9.17, 15) is 9.18 Å². The molecule has 0 unspecified atom stereocenters. The fourth-order valence-electron chi connectivity index (χ4n) is 1.76. The Kier molecular flexibility index (Phi) is 4.64. The summed E-state index contributed by atoms with van der Waals surface area (Å²) >= 11 is 0. The van der Waals surface area contributed by atoms with Crippen LogP contribution in [0.2, 0.25) is 0 Å². The number of carbonyl (C=O) groups excluding carboxylic acids is 1. The Hall–Kier alpha value is -2.71. The number of pyridine rings is 1. The predicted octanol–water partition coefficient (Wildman–Crippen LogP) is 2.13. The summed E-state index contributed by atoms with van der Waals surface area (Å²) in [6.07, 6.45) is 1.60. The highest BCUT2D eigenvalue weighted by atomic mass is 19.1.